The predicted molar refractivity (Wildman–Crippen MR) is 104 cm³/mol. The van der Waals surface area contributed by atoms with Crippen LogP contribution in [0.25, 0.3) is 11.4 Å². The summed E-state index contributed by atoms with van der Waals surface area (Å²) in [6.07, 6.45) is 3.45. The standard InChI is InChI=1S/C20H22N4OS/c1-20(2,3)16-7-5-14(6-8-16)17(25)13-26-19-23-22-18(24(19)4)15-9-11-21-12-10-15/h5-12H,13H2,1-4H3. The van der Waals surface area contributed by atoms with Gasteiger partial charge in [0.05, 0.1) is 5.75 Å². The van der Waals surface area contributed by atoms with E-state index < -0.39 is 0 Å². The minimum Gasteiger partial charge on any atom is -0.305 e. The Kier molecular flexibility index (Phi) is 5.23. The fourth-order valence-electron chi connectivity index (χ4n) is 2.56. The van der Waals surface area contributed by atoms with Crippen molar-refractivity contribution >= 4 is 17.5 Å². The molecule has 0 aliphatic rings. The summed E-state index contributed by atoms with van der Waals surface area (Å²) in [4.78, 5) is 16.5. The Balaban J connectivity index is 1.68. The number of carbonyl (C=O) groups is 1. The van der Waals surface area contributed by atoms with Gasteiger partial charge in [-0.25, -0.2) is 0 Å². The third-order valence-corrected chi connectivity index (χ3v) is 5.20. The Bertz CT molecular complexity index is 896. The number of rotatable bonds is 5. The van der Waals surface area contributed by atoms with Crippen LogP contribution in [0.1, 0.15) is 36.7 Å². The maximum Gasteiger partial charge on any atom is 0.191 e. The summed E-state index contributed by atoms with van der Waals surface area (Å²) in [5.41, 5.74) is 2.98. The molecular weight excluding hydrogens is 344 g/mol. The van der Waals surface area contributed by atoms with Gasteiger partial charge in [0.1, 0.15) is 0 Å². The molecule has 0 amide bonds. The molecule has 0 aliphatic carbocycles. The Hall–Kier alpha value is -2.47. The molecule has 0 atom stereocenters. The number of thioether (sulfide) groups is 1. The van der Waals surface area contributed by atoms with Gasteiger partial charge in [-0.2, -0.15) is 0 Å². The van der Waals surface area contributed by atoms with Crippen LogP contribution in [0.15, 0.2) is 53.9 Å². The first-order valence-electron chi connectivity index (χ1n) is 8.42. The van der Waals surface area contributed by atoms with Gasteiger partial charge in [-0.15, -0.1) is 10.2 Å². The fourth-order valence-corrected chi connectivity index (χ4v) is 3.37. The zero-order chi connectivity index (χ0) is 18.7. The molecule has 26 heavy (non-hydrogen) atoms. The summed E-state index contributed by atoms with van der Waals surface area (Å²) in [7, 11) is 1.90. The minimum atomic E-state index is 0.0817. The molecule has 0 saturated carbocycles. The third kappa shape index (κ3) is 4.02. The van der Waals surface area contributed by atoms with Crippen LogP contribution >= 0.6 is 11.8 Å². The van der Waals surface area contributed by atoms with Crippen molar-refractivity contribution in [1.29, 1.82) is 0 Å². The monoisotopic (exact) mass is 366 g/mol. The van der Waals surface area contributed by atoms with E-state index in [1.807, 2.05) is 48.0 Å². The number of aromatic nitrogens is 4. The average Bonchev–Trinajstić information content (AvgIpc) is 3.00. The van der Waals surface area contributed by atoms with Gasteiger partial charge in [0.25, 0.3) is 0 Å². The van der Waals surface area contributed by atoms with E-state index in [4.69, 9.17) is 0 Å². The van der Waals surface area contributed by atoms with Gasteiger partial charge < -0.3 is 4.57 Å². The molecule has 0 aliphatic heterocycles. The summed E-state index contributed by atoms with van der Waals surface area (Å²) in [5.74, 6) is 1.18. The van der Waals surface area contributed by atoms with E-state index >= 15 is 0 Å². The first-order chi connectivity index (χ1) is 12.4. The topological polar surface area (TPSA) is 60.7 Å². The molecule has 0 unspecified atom stereocenters. The van der Waals surface area contributed by atoms with Crippen molar-refractivity contribution in [3.05, 3.63) is 59.9 Å². The zero-order valence-electron chi connectivity index (χ0n) is 15.4. The van der Waals surface area contributed by atoms with Crippen LogP contribution in [0.4, 0.5) is 0 Å². The first kappa shape index (κ1) is 18.3. The zero-order valence-corrected chi connectivity index (χ0v) is 16.2. The summed E-state index contributed by atoms with van der Waals surface area (Å²) in [6.45, 7) is 6.48. The van der Waals surface area contributed by atoms with Crippen molar-refractivity contribution < 1.29 is 4.79 Å². The number of benzene rings is 1. The number of hydrogen-bond acceptors (Lipinski definition) is 5. The number of pyridine rings is 1. The van der Waals surface area contributed by atoms with Gasteiger partial charge in [-0.05, 0) is 23.1 Å². The maximum atomic E-state index is 12.5. The average molecular weight is 366 g/mol. The van der Waals surface area contributed by atoms with Gasteiger partial charge in [0.15, 0.2) is 16.8 Å². The number of nitrogens with zero attached hydrogens (tertiary/aromatic N) is 4. The Labute approximate surface area is 157 Å². The molecular formula is C20H22N4OS. The number of ketones is 1. The maximum absolute atomic E-state index is 12.5. The van der Waals surface area contributed by atoms with Crippen LogP contribution in [-0.2, 0) is 12.5 Å². The summed E-state index contributed by atoms with van der Waals surface area (Å²) in [5, 5.41) is 9.15. The lowest BCUT2D eigenvalue weighted by molar-refractivity contribution is 0.102. The summed E-state index contributed by atoms with van der Waals surface area (Å²) < 4.78 is 1.90. The van der Waals surface area contributed by atoms with Crippen LogP contribution in [0, 0.1) is 0 Å². The lowest BCUT2D eigenvalue weighted by atomic mass is 9.86. The first-order valence-corrected chi connectivity index (χ1v) is 9.41. The second kappa shape index (κ2) is 7.41. The van der Waals surface area contributed by atoms with Crippen LogP contribution in [0.3, 0.4) is 0 Å². The van der Waals surface area contributed by atoms with Crippen LogP contribution < -0.4 is 0 Å². The van der Waals surface area contributed by atoms with E-state index in [1.165, 1.54) is 17.3 Å². The smallest absolute Gasteiger partial charge is 0.191 e. The van der Waals surface area contributed by atoms with Crippen molar-refractivity contribution in [2.24, 2.45) is 7.05 Å². The summed E-state index contributed by atoms with van der Waals surface area (Å²) >= 11 is 1.40. The molecule has 0 N–H and O–H groups in total. The van der Waals surface area contributed by atoms with E-state index in [9.17, 15) is 4.79 Å². The third-order valence-electron chi connectivity index (χ3n) is 4.18. The van der Waals surface area contributed by atoms with E-state index in [-0.39, 0.29) is 11.2 Å². The van der Waals surface area contributed by atoms with Gasteiger partial charge in [-0.1, -0.05) is 56.8 Å². The van der Waals surface area contributed by atoms with Crippen LogP contribution in [0.2, 0.25) is 0 Å². The van der Waals surface area contributed by atoms with Crippen LogP contribution in [0.5, 0.6) is 0 Å². The molecule has 134 valence electrons. The van der Waals surface area contributed by atoms with Gasteiger partial charge in [-0.3, -0.25) is 9.78 Å². The molecule has 0 spiro atoms. The number of carbonyl (C=O) groups excluding carboxylic acids is 1. The molecule has 5 nitrogen and oxygen atoms in total. The van der Waals surface area contributed by atoms with E-state index in [0.29, 0.717) is 5.75 Å². The van der Waals surface area contributed by atoms with E-state index in [2.05, 4.69) is 36.0 Å². The summed E-state index contributed by atoms with van der Waals surface area (Å²) in [6, 6.07) is 11.6. The molecule has 0 saturated heterocycles. The van der Waals surface area contributed by atoms with Crippen molar-refractivity contribution in [3.8, 4) is 11.4 Å². The molecule has 0 radical (unpaired) electrons. The largest absolute Gasteiger partial charge is 0.305 e. The predicted octanol–water partition coefficient (Wildman–Crippen LogP) is 4.15. The Morgan fingerprint density at radius 2 is 1.69 bits per heavy atom. The molecule has 2 aromatic heterocycles. The van der Waals surface area contributed by atoms with Crippen molar-refractivity contribution in [2.45, 2.75) is 31.3 Å². The lowest BCUT2D eigenvalue weighted by Gasteiger charge is -2.18. The van der Waals surface area contributed by atoms with Crippen LogP contribution in [-0.4, -0.2) is 31.3 Å². The van der Waals surface area contributed by atoms with Crippen molar-refractivity contribution in [3.63, 3.8) is 0 Å². The number of Topliss-reactive ketones (excluding diaryl/α,β-unsaturated/α-hetero) is 1. The molecule has 1 aromatic carbocycles. The molecule has 3 rings (SSSR count). The highest BCUT2D eigenvalue weighted by Gasteiger charge is 2.16. The number of hydrogen-bond donors (Lipinski definition) is 0. The SMILES string of the molecule is Cn1c(SCC(=O)c2ccc(C(C)(C)C)cc2)nnc1-c1ccncc1. The quantitative estimate of drug-likeness (QED) is 0.501. The van der Waals surface area contributed by atoms with Gasteiger partial charge >= 0.3 is 0 Å². The molecule has 3 aromatic rings. The van der Waals surface area contributed by atoms with Crippen molar-refractivity contribution in [1.82, 2.24) is 19.7 Å². The molecule has 2 heterocycles. The van der Waals surface area contributed by atoms with Crippen molar-refractivity contribution in [2.75, 3.05) is 5.75 Å². The molecule has 6 heteroatoms. The normalized spacial score (nSPS) is 11.5. The highest BCUT2D eigenvalue weighted by molar-refractivity contribution is 7.99. The molecule has 0 bridgehead atoms. The minimum absolute atomic E-state index is 0.0817. The van der Waals surface area contributed by atoms with E-state index in [0.717, 1.165) is 22.1 Å². The lowest BCUT2D eigenvalue weighted by Crippen LogP contribution is -2.11. The Morgan fingerprint density at radius 1 is 1.04 bits per heavy atom. The van der Waals surface area contributed by atoms with Gasteiger partial charge in [0.2, 0.25) is 0 Å². The van der Waals surface area contributed by atoms with Gasteiger partial charge in [0, 0.05) is 30.6 Å². The molecule has 0 fully saturated rings. The van der Waals surface area contributed by atoms with E-state index in [1.54, 1.807) is 12.4 Å². The highest BCUT2D eigenvalue weighted by atomic mass is 32.2. The fraction of sp³-hybridized carbons (Fsp3) is 0.300. The highest BCUT2D eigenvalue weighted by Crippen LogP contribution is 2.24. The second-order valence-electron chi connectivity index (χ2n) is 7.14. The Morgan fingerprint density at radius 3 is 2.31 bits per heavy atom. The second-order valence-corrected chi connectivity index (χ2v) is 8.08.